The van der Waals surface area contributed by atoms with Crippen LogP contribution in [-0.2, 0) is 0 Å². The highest BCUT2D eigenvalue weighted by molar-refractivity contribution is 6.23. The first-order chi connectivity index (χ1) is 30.2. The van der Waals surface area contributed by atoms with E-state index in [0.29, 0.717) is 0 Å². The molecule has 0 aliphatic carbocycles. The summed E-state index contributed by atoms with van der Waals surface area (Å²) in [6.45, 7) is 0. The predicted octanol–water partition coefficient (Wildman–Crippen LogP) is 16.8. The van der Waals surface area contributed by atoms with Crippen molar-refractivity contribution in [3.63, 3.8) is 0 Å². The number of benzene rings is 10. The van der Waals surface area contributed by atoms with Crippen molar-refractivity contribution < 1.29 is 8.83 Å². The Bertz CT molecular complexity index is 3500. The number of hydrogen-bond acceptors (Lipinski definition) is 3. The molecule has 0 atom stereocenters. The van der Waals surface area contributed by atoms with E-state index in [1.165, 1.54) is 27.6 Å². The molecule has 0 N–H and O–H groups in total. The van der Waals surface area contributed by atoms with Crippen molar-refractivity contribution >= 4 is 71.7 Å². The maximum Gasteiger partial charge on any atom is 0.136 e. The van der Waals surface area contributed by atoms with E-state index in [1.54, 1.807) is 0 Å². The molecule has 0 amide bonds. The Morgan fingerprint density at radius 1 is 0.246 bits per heavy atom. The molecule has 0 fully saturated rings. The lowest BCUT2D eigenvalue weighted by atomic mass is 9.92. The van der Waals surface area contributed by atoms with Crippen molar-refractivity contribution in [3.05, 3.63) is 224 Å². The summed E-state index contributed by atoms with van der Waals surface area (Å²) in [6.07, 6.45) is 0. The van der Waals surface area contributed by atoms with E-state index in [2.05, 4.69) is 211 Å². The van der Waals surface area contributed by atoms with Crippen LogP contribution in [0.5, 0.6) is 0 Å². The molecular weight excluding hydrogens is 743 g/mol. The van der Waals surface area contributed by atoms with Crippen LogP contribution < -0.4 is 4.90 Å². The van der Waals surface area contributed by atoms with E-state index in [-0.39, 0.29) is 0 Å². The molecule has 0 aliphatic heterocycles. The monoisotopic (exact) mass is 779 g/mol. The fourth-order valence-corrected chi connectivity index (χ4v) is 9.11. The van der Waals surface area contributed by atoms with E-state index in [0.717, 1.165) is 88.6 Å². The second kappa shape index (κ2) is 14.3. The molecule has 61 heavy (non-hydrogen) atoms. The quantitative estimate of drug-likeness (QED) is 0.161. The van der Waals surface area contributed by atoms with Gasteiger partial charge >= 0.3 is 0 Å². The molecule has 10 aromatic carbocycles. The van der Waals surface area contributed by atoms with Crippen molar-refractivity contribution in [2.75, 3.05) is 4.90 Å². The third-order valence-electron chi connectivity index (χ3n) is 12.0. The Kier molecular flexibility index (Phi) is 8.17. The van der Waals surface area contributed by atoms with Crippen LogP contribution in [0.25, 0.3) is 99.2 Å². The Balaban J connectivity index is 0.992. The van der Waals surface area contributed by atoms with Crippen LogP contribution in [0.3, 0.4) is 0 Å². The van der Waals surface area contributed by atoms with Gasteiger partial charge in [-0.25, -0.2) is 0 Å². The van der Waals surface area contributed by atoms with E-state index < -0.39 is 0 Å². The molecule has 0 spiro atoms. The van der Waals surface area contributed by atoms with Gasteiger partial charge in [0, 0.05) is 38.6 Å². The highest BCUT2D eigenvalue weighted by Gasteiger charge is 2.19. The lowest BCUT2D eigenvalue weighted by Crippen LogP contribution is -2.10. The molecule has 0 saturated heterocycles. The van der Waals surface area contributed by atoms with E-state index in [1.807, 2.05) is 18.2 Å². The summed E-state index contributed by atoms with van der Waals surface area (Å²) in [5, 5.41) is 6.80. The van der Waals surface area contributed by atoms with Crippen LogP contribution in [0, 0.1) is 0 Å². The smallest absolute Gasteiger partial charge is 0.136 e. The molecule has 0 radical (unpaired) electrons. The minimum Gasteiger partial charge on any atom is -0.456 e. The zero-order valence-electron chi connectivity index (χ0n) is 33.1. The number of fused-ring (bicyclic) bond motifs is 8. The van der Waals surface area contributed by atoms with Crippen LogP contribution in [0.15, 0.2) is 233 Å². The zero-order valence-corrected chi connectivity index (χ0v) is 33.1. The van der Waals surface area contributed by atoms with Gasteiger partial charge in [0.05, 0.1) is 0 Å². The van der Waals surface area contributed by atoms with Gasteiger partial charge in [-0.15, -0.1) is 0 Å². The predicted molar refractivity (Wildman–Crippen MR) is 255 cm³/mol. The summed E-state index contributed by atoms with van der Waals surface area (Å²) < 4.78 is 12.8. The largest absolute Gasteiger partial charge is 0.456 e. The molecule has 12 aromatic rings. The molecule has 0 bridgehead atoms. The summed E-state index contributed by atoms with van der Waals surface area (Å²) in [7, 11) is 0. The molecule has 0 saturated carbocycles. The van der Waals surface area contributed by atoms with Crippen molar-refractivity contribution in [3.8, 4) is 44.5 Å². The van der Waals surface area contributed by atoms with Gasteiger partial charge in [-0.1, -0.05) is 152 Å². The normalized spacial score (nSPS) is 11.6. The summed E-state index contributed by atoms with van der Waals surface area (Å²) in [4.78, 5) is 2.36. The standard InChI is InChI=1S/C58H37NO2/c1-3-13-38(14-4-1)41-17-11-19-46(33-41)59(47-20-12-18-42(34-47)39-15-5-2-6-16-39)45-29-25-40(26-30-45)43-27-31-48-51(37-57-58(53(48)35-43)50-22-8-10-24-55(50)61-57)44-28-32-56-52(36-44)49-21-7-9-23-54(49)60-56/h1-37H. The molecular formula is C58H37NO2. The van der Waals surface area contributed by atoms with Gasteiger partial charge in [0.2, 0.25) is 0 Å². The minimum atomic E-state index is 0.874. The van der Waals surface area contributed by atoms with E-state index in [9.17, 15) is 0 Å². The zero-order chi connectivity index (χ0) is 40.3. The van der Waals surface area contributed by atoms with E-state index >= 15 is 0 Å². The van der Waals surface area contributed by atoms with Crippen molar-refractivity contribution in [2.24, 2.45) is 0 Å². The number of nitrogens with zero attached hydrogens (tertiary/aromatic N) is 1. The Hall–Kier alpha value is -8.14. The number of anilines is 3. The second-order valence-corrected chi connectivity index (χ2v) is 15.7. The fourth-order valence-electron chi connectivity index (χ4n) is 9.11. The average molecular weight is 780 g/mol. The van der Waals surface area contributed by atoms with Crippen molar-refractivity contribution in [2.45, 2.75) is 0 Å². The first kappa shape index (κ1) is 34.9. The average Bonchev–Trinajstić information content (AvgIpc) is 3.90. The maximum absolute atomic E-state index is 6.59. The van der Waals surface area contributed by atoms with Crippen LogP contribution in [0.1, 0.15) is 0 Å². The number of para-hydroxylation sites is 2. The van der Waals surface area contributed by atoms with Gasteiger partial charge in [0.15, 0.2) is 0 Å². The second-order valence-electron chi connectivity index (χ2n) is 15.7. The van der Waals surface area contributed by atoms with Crippen LogP contribution in [0.4, 0.5) is 17.1 Å². The summed E-state index contributed by atoms with van der Waals surface area (Å²) in [6, 6.07) is 80.0. The van der Waals surface area contributed by atoms with Gasteiger partial charge < -0.3 is 13.7 Å². The summed E-state index contributed by atoms with van der Waals surface area (Å²) in [5.41, 5.74) is 16.0. The minimum absolute atomic E-state index is 0.874. The molecule has 0 aliphatic rings. The molecule has 286 valence electrons. The molecule has 2 aromatic heterocycles. The number of furan rings is 2. The molecule has 0 unspecified atom stereocenters. The molecule has 3 nitrogen and oxygen atoms in total. The van der Waals surface area contributed by atoms with Gasteiger partial charge in [-0.2, -0.15) is 0 Å². The van der Waals surface area contributed by atoms with Crippen molar-refractivity contribution in [1.82, 2.24) is 0 Å². The first-order valence-electron chi connectivity index (χ1n) is 20.7. The molecule has 12 rings (SSSR count). The lowest BCUT2D eigenvalue weighted by molar-refractivity contribution is 0.669. The Labute approximate surface area is 353 Å². The highest BCUT2D eigenvalue weighted by atomic mass is 16.3. The lowest BCUT2D eigenvalue weighted by Gasteiger charge is -2.27. The van der Waals surface area contributed by atoms with Crippen molar-refractivity contribution in [1.29, 1.82) is 0 Å². The topological polar surface area (TPSA) is 29.5 Å². The third-order valence-corrected chi connectivity index (χ3v) is 12.0. The third kappa shape index (κ3) is 6.06. The van der Waals surface area contributed by atoms with Gasteiger partial charge in [-0.05, 0) is 128 Å². The van der Waals surface area contributed by atoms with E-state index in [4.69, 9.17) is 8.83 Å². The number of rotatable bonds is 7. The summed E-state index contributed by atoms with van der Waals surface area (Å²) >= 11 is 0. The van der Waals surface area contributed by atoms with Crippen LogP contribution in [-0.4, -0.2) is 0 Å². The van der Waals surface area contributed by atoms with Gasteiger partial charge in [-0.3, -0.25) is 0 Å². The maximum atomic E-state index is 6.59. The number of hydrogen-bond donors (Lipinski definition) is 0. The fraction of sp³-hybridized carbons (Fsp3) is 0. The Morgan fingerprint density at radius 3 is 1.43 bits per heavy atom. The highest BCUT2D eigenvalue weighted by Crippen LogP contribution is 2.44. The molecule has 2 heterocycles. The van der Waals surface area contributed by atoms with Gasteiger partial charge in [0.1, 0.15) is 22.3 Å². The van der Waals surface area contributed by atoms with Gasteiger partial charge in [0.25, 0.3) is 0 Å². The first-order valence-corrected chi connectivity index (χ1v) is 20.7. The van der Waals surface area contributed by atoms with Crippen LogP contribution in [0.2, 0.25) is 0 Å². The Morgan fingerprint density at radius 2 is 0.738 bits per heavy atom. The molecule has 3 heteroatoms. The summed E-state index contributed by atoms with van der Waals surface area (Å²) in [5.74, 6) is 0. The van der Waals surface area contributed by atoms with Crippen LogP contribution >= 0.6 is 0 Å². The SMILES string of the molecule is c1ccc(-c2cccc(N(c3ccc(-c4ccc5c(-c6ccc7oc8ccccc8c7c6)cc6oc7ccccc7c6c5c4)cc3)c3cccc(-c4ccccc4)c3)c2)cc1.